The molecule has 0 saturated carbocycles. The highest BCUT2D eigenvalue weighted by Gasteiger charge is 2.08. The van der Waals surface area contributed by atoms with Crippen molar-refractivity contribution in [1.29, 1.82) is 0 Å². The van der Waals surface area contributed by atoms with Crippen molar-refractivity contribution in [3.05, 3.63) is 112 Å². The average Bonchev–Trinajstić information content (AvgIpc) is 3.27. The zero-order valence-electron chi connectivity index (χ0n) is 19.1. The van der Waals surface area contributed by atoms with E-state index in [0.29, 0.717) is 18.2 Å². The van der Waals surface area contributed by atoms with Gasteiger partial charge in [0, 0.05) is 28.4 Å². The van der Waals surface area contributed by atoms with Crippen molar-refractivity contribution in [3.8, 4) is 16.3 Å². The van der Waals surface area contributed by atoms with Crippen LogP contribution in [-0.4, -0.2) is 4.98 Å². The van der Waals surface area contributed by atoms with Crippen molar-refractivity contribution in [1.82, 2.24) is 4.98 Å². The summed E-state index contributed by atoms with van der Waals surface area (Å²) in [5.41, 5.74) is 7.85. The van der Waals surface area contributed by atoms with Crippen molar-refractivity contribution in [2.75, 3.05) is 5.32 Å². The molecular formula is C29H25ClN2OS. The Bertz CT molecular complexity index is 1430. The van der Waals surface area contributed by atoms with Gasteiger partial charge < -0.3 is 10.1 Å². The third-order valence-electron chi connectivity index (χ3n) is 5.70. The van der Waals surface area contributed by atoms with Crippen LogP contribution in [0.25, 0.3) is 20.8 Å². The van der Waals surface area contributed by atoms with Gasteiger partial charge in [-0.1, -0.05) is 47.5 Å². The maximum Gasteiger partial charge on any atom is 0.124 e. The van der Waals surface area contributed by atoms with Gasteiger partial charge >= 0.3 is 0 Å². The summed E-state index contributed by atoms with van der Waals surface area (Å²) in [6.07, 6.45) is 0. The van der Waals surface area contributed by atoms with Crippen molar-refractivity contribution in [2.24, 2.45) is 0 Å². The topological polar surface area (TPSA) is 34.1 Å². The van der Waals surface area contributed by atoms with Crippen LogP contribution in [0.2, 0.25) is 5.02 Å². The van der Waals surface area contributed by atoms with Crippen LogP contribution < -0.4 is 10.1 Å². The van der Waals surface area contributed by atoms with Crippen LogP contribution in [0.5, 0.6) is 5.75 Å². The second kappa shape index (κ2) is 9.88. The number of hydrogen-bond donors (Lipinski definition) is 1. The predicted molar refractivity (Wildman–Crippen MR) is 144 cm³/mol. The van der Waals surface area contributed by atoms with E-state index in [1.807, 2.05) is 18.2 Å². The van der Waals surface area contributed by atoms with Crippen molar-refractivity contribution < 1.29 is 4.74 Å². The summed E-state index contributed by atoms with van der Waals surface area (Å²) in [7, 11) is 0. The summed E-state index contributed by atoms with van der Waals surface area (Å²) in [6.45, 7) is 5.33. The number of nitrogens with zero attached hydrogens (tertiary/aromatic N) is 1. The van der Waals surface area contributed by atoms with E-state index < -0.39 is 0 Å². The largest absolute Gasteiger partial charge is 0.489 e. The normalized spacial score (nSPS) is 11.0. The summed E-state index contributed by atoms with van der Waals surface area (Å²) in [6, 6.07) is 28.9. The Kier molecular flexibility index (Phi) is 6.52. The monoisotopic (exact) mass is 484 g/mol. The third kappa shape index (κ3) is 5.24. The molecule has 0 bridgehead atoms. The Labute approximate surface area is 209 Å². The molecule has 170 valence electrons. The molecule has 0 saturated heterocycles. The minimum atomic E-state index is 0.519. The minimum Gasteiger partial charge on any atom is -0.489 e. The predicted octanol–water partition coefficient (Wildman–Crippen LogP) is 8.42. The lowest BCUT2D eigenvalue weighted by atomic mass is 10.1. The Balaban J connectivity index is 1.27. The molecule has 0 aliphatic carbocycles. The van der Waals surface area contributed by atoms with E-state index in [2.05, 4.69) is 85.9 Å². The third-order valence-corrected chi connectivity index (χ3v) is 7.00. The minimum absolute atomic E-state index is 0.519. The van der Waals surface area contributed by atoms with Crippen molar-refractivity contribution in [3.63, 3.8) is 0 Å². The van der Waals surface area contributed by atoms with E-state index in [9.17, 15) is 0 Å². The highest BCUT2D eigenvalue weighted by atomic mass is 35.5. The number of thiazole rings is 1. The molecule has 34 heavy (non-hydrogen) atoms. The van der Waals surface area contributed by atoms with Gasteiger partial charge in [0.15, 0.2) is 0 Å². The fraction of sp³-hybridized carbons (Fsp3) is 0.138. The lowest BCUT2D eigenvalue weighted by Gasteiger charge is -2.14. The number of fused-ring (bicyclic) bond motifs is 1. The molecule has 5 aromatic rings. The van der Waals surface area contributed by atoms with Crippen LogP contribution in [0.4, 0.5) is 5.69 Å². The van der Waals surface area contributed by atoms with E-state index in [1.165, 1.54) is 15.8 Å². The smallest absolute Gasteiger partial charge is 0.124 e. The van der Waals surface area contributed by atoms with Gasteiger partial charge in [0.05, 0.1) is 10.2 Å². The molecule has 0 amide bonds. The molecule has 3 nitrogen and oxygen atoms in total. The molecule has 0 unspecified atom stereocenters. The molecule has 5 heteroatoms. The number of benzene rings is 4. The van der Waals surface area contributed by atoms with E-state index in [0.717, 1.165) is 38.7 Å². The van der Waals surface area contributed by atoms with Crippen LogP contribution in [0.1, 0.15) is 22.3 Å². The molecular weight excluding hydrogens is 460 g/mol. The number of ether oxygens (including phenoxy) is 1. The van der Waals surface area contributed by atoms with Gasteiger partial charge in [-0.2, -0.15) is 0 Å². The molecule has 5 rings (SSSR count). The zero-order valence-corrected chi connectivity index (χ0v) is 20.7. The maximum absolute atomic E-state index is 6.28. The molecule has 4 aromatic carbocycles. The van der Waals surface area contributed by atoms with Crippen LogP contribution in [0.3, 0.4) is 0 Å². The highest BCUT2D eigenvalue weighted by Crippen LogP contribution is 2.31. The first kappa shape index (κ1) is 22.5. The van der Waals surface area contributed by atoms with Crippen LogP contribution >= 0.6 is 22.9 Å². The molecule has 1 heterocycles. The Hall–Kier alpha value is -3.34. The van der Waals surface area contributed by atoms with Gasteiger partial charge in [-0.15, -0.1) is 11.3 Å². The number of halogens is 1. The lowest BCUT2D eigenvalue weighted by molar-refractivity contribution is 0.303. The van der Waals surface area contributed by atoms with Crippen molar-refractivity contribution in [2.45, 2.75) is 27.0 Å². The van der Waals surface area contributed by atoms with Crippen LogP contribution in [-0.2, 0) is 13.2 Å². The summed E-state index contributed by atoms with van der Waals surface area (Å²) in [4.78, 5) is 4.79. The molecule has 0 fully saturated rings. The Morgan fingerprint density at radius 1 is 0.853 bits per heavy atom. The number of rotatable bonds is 7. The summed E-state index contributed by atoms with van der Waals surface area (Å²) in [5, 5.41) is 5.22. The summed E-state index contributed by atoms with van der Waals surface area (Å²) >= 11 is 8.00. The number of anilines is 1. The molecule has 0 atom stereocenters. The molecule has 0 aliphatic heterocycles. The fourth-order valence-electron chi connectivity index (χ4n) is 3.76. The maximum atomic E-state index is 6.28. The quantitative estimate of drug-likeness (QED) is 0.251. The van der Waals surface area contributed by atoms with Gasteiger partial charge in [0.25, 0.3) is 0 Å². The molecule has 0 spiro atoms. The summed E-state index contributed by atoms with van der Waals surface area (Å²) in [5.74, 6) is 0.832. The van der Waals surface area contributed by atoms with Gasteiger partial charge in [-0.25, -0.2) is 4.98 Å². The van der Waals surface area contributed by atoms with Crippen LogP contribution in [0, 0.1) is 13.8 Å². The van der Waals surface area contributed by atoms with Gasteiger partial charge in [0.1, 0.15) is 17.4 Å². The Morgan fingerprint density at radius 3 is 2.41 bits per heavy atom. The van der Waals surface area contributed by atoms with E-state index >= 15 is 0 Å². The first-order chi connectivity index (χ1) is 16.5. The fourth-order valence-corrected chi connectivity index (χ4v) is 5.02. The number of aryl methyl sites for hydroxylation is 2. The molecule has 0 radical (unpaired) electrons. The van der Waals surface area contributed by atoms with E-state index in [4.69, 9.17) is 21.3 Å². The highest BCUT2D eigenvalue weighted by molar-refractivity contribution is 7.21. The van der Waals surface area contributed by atoms with Gasteiger partial charge in [-0.3, -0.25) is 0 Å². The lowest BCUT2D eigenvalue weighted by Crippen LogP contribution is -2.04. The van der Waals surface area contributed by atoms with Crippen LogP contribution in [0.15, 0.2) is 84.9 Å². The number of nitrogens with one attached hydrogen (secondary N) is 1. The van der Waals surface area contributed by atoms with Crippen molar-refractivity contribution >= 4 is 38.8 Å². The second-order valence-electron chi connectivity index (χ2n) is 8.45. The van der Waals surface area contributed by atoms with E-state index in [1.54, 1.807) is 11.3 Å². The number of aromatic nitrogens is 1. The Morgan fingerprint density at radius 2 is 1.62 bits per heavy atom. The first-order valence-electron chi connectivity index (χ1n) is 11.2. The zero-order chi connectivity index (χ0) is 23.5. The second-order valence-corrected chi connectivity index (χ2v) is 9.91. The molecule has 0 aliphatic rings. The number of hydrogen-bond acceptors (Lipinski definition) is 4. The standard InChI is InChI=1S/C29H25ClN2OS/c1-19-3-6-21(7-4-19)18-33-27-14-10-24(30)16-23(27)17-31-25-11-8-22(9-12-25)29-32-26-13-5-20(2)15-28(26)34-29/h3-16,31H,17-18H2,1-2H3. The molecule has 1 N–H and O–H groups in total. The SMILES string of the molecule is Cc1ccc(COc2ccc(Cl)cc2CNc2ccc(-c3nc4ccc(C)cc4s3)cc2)cc1. The van der Waals surface area contributed by atoms with E-state index in [-0.39, 0.29) is 0 Å². The van der Waals surface area contributed by atoms with Gasteiger partial charge in [0.2, 0.25) is 0 Å². The van der Waals surface area contributed by atoms with Gasteiger partial charge in [-0.05, 0) is 79.6 Å². The molecule has 1 aromatic heterocycles. The summed E-state index contributed by atoms with van der Waals surface area (Å²) < 4.78 is 7.33. The average molecular weight is 485 g/mol. The first-order valence-corrected chi connectivity index (χ1v) is 12.4.